The number of carbonyl (C=O) groups is 1. The number of nitrogens with one attached hydrogen (secondary N) is 1. The molecule has 0 saturated carbocycles. The number of pyridine rings is 1. The summed E-state index contributed by atoms with van der Waals surface area (Å²) in [5.74, 6) is 0.514. The molecule has 17 heavy (non-hydrogen) atoms. The van der Waals surface area contributed by atoms with E-state index in [1.54, 1.807) is 37.6 Å². The number of aromatic nitrogens is 1. The van der Waals surface area contributed by atoms with Crippen LogP contribution in [0.25, 0.3) is 0 Å². The number of benzene rings is 1. The fourth-order valence-corrected chi connectivity index (χ4v) is 1.40. The fraction of sp³-hybridized carbons (Fsp3) is 0.0769. The van der Waals surface area contributed by atoms with Gasteiger partial charge in [-0.2, -0.15) is 0 Å². The molecule has 1 N–H and O–H groups in total. The van der Waals surface area contributed by atoms with Crippen LogP contribution in [0, 0.1) is 0 Å². The Kier molecular flexibility index (Phi) is 3.35. The standard InChI is InChI=1S/C13H12N2O2/c1-17-12-6-2-5-11(8-12)15-13(16)10-4-3-7-14-9-10/h2-9H,1H3,(H,15,16). The highest BCUT2D eigenvalue weighted by molar-refractivity contribution is 6.04. The fourth-order valence-electron chi connectivity index (χ4n) is 1.40. The lowest BCUT2D eigenvalue weighted by Gasteiger charge is -2.06. The molecular formula is C13H12N2O2. The molecule has 1 aromatic heterocycles. The zero-order valence-electron chi connectivity index (χ0n) is 9.38. The molecule has 0 unspecified atom stereocenters. The number of ether oxygens (including phenoxy) is 1. The van der Waals surface area contributed by atoms with Gasteiger partial charge in [0.05, 0.1) is 12.7 Å². The third-order valence-corrected chi connectivity index (χ3v) is 2.25. The van der Waals surface area contributed by atoms with Crippen LogP contribution in [0.2, 0.25) is 0 Å². The minimum atomic E-state index is -0.189. The van der Waals surface area contributed by atoms with Gasteiger partial charge in [-0.25, -0.2) is 0 Å². The van der Waals surface area contributed by atoms with Crippen LogP contribution in [0.1, 0.15) is 10.4 Å². The Balaban J connectivity index is 2.13. The maximum absolute atomic E-state index is 11.8. The SMILES string of the molecule is COc1cccc(NC(=O)c2cccnc2)c1. The quantitative estimate of drug-likeness (QED) is 0.877. The van der Waals surface area contributed by atoms with Crippen molar-refractivity contribution in [2.45, 2.75) is 0 Å². The van der Waals surface area contributed by atoms with Gasteiger partial charge >= 0.3 is 0 Å². The van der Waals surface area contributed by atoms with Crippen molar-refractivity contribution in [3.05, 3.63) is 54.4 Å². The molecule has 0 fully saturated rings. The lowest BCUT2D eigenvalue weighted by atomic mass is 10.2. The maximum Gasteiger partial charge on any atom is 0.257 e. The van der Waals surface area contributed by atoms with Gasteiger partial charge in [0.15, 0.2) is 0 Å². The molecule has 1 aromatic carbocycles. The summed E-state index contributed by atoms with van der Waals surface area (Å²) in [4.78, 5) is 15.7. The Hall–Kier alpha value is -2.36. The highest BCUT2D eigenvalue weighted by Crippen LogP contribution is 2.17. The van der Waals surface area contributed by atoms with Gasteiger partial charge in [0.1, 0.15) is 5.75 Å². The lowest BCUT2D eigenvalue weighted by molar-refractivity contribution is 0.102. The van der Waals surface area contributed by atoms with E-state index in [2.05, 4.69) is 10.3 Å². The van der Waals surface area contributed by atoms with E-state index in [0.29, 0.717) is 17.0 Å². The summed E-state index contributed by atoms with van der Waals surface area (Å²) < 4.78 is 5.08. The van der Waals surface area contributed by atoms with Crippen LogP contribution in [0.4, 0.5) is 5.69 Å². The predicted octanol–water partition coefficient (Wildman–Crippen LogP) is 2.34. The summed E-state index contributed by atoms with van der Waals surface area (Å²) in [5.41, 5.74) is 1.22. The zero-order chi connectivity index (χ0) is 12.1. The first-order chi connectivity index (χ1) is 8.29. The molecule has 1 amide bonds. The molecule has 0 atom stereocenters. The zero-order valence-corrected chi connectivity index (χ0v) is 9.38. The Bertz CT molecular complexity index is 512. The summed E-state index contributed by atoms with van der Waals surface area (Å²) >= 11 is 0. The number of anilines is 1. The van der Waals surface area contributed by atoms with Gasteiger partial charge in [0.25, 0.3) is 5.91 Å². The topological polar surface area (TPSA) is 51.2 Å². The number of rotatable bonds is 3. The Morgan fingerprint density at radius 3 is 2.88 bits per heavy atom. The van der Waals surface area contributed by atoms with Crippen molar-refractivity contribution in [1.82, 2.24) is 4.98 Å². The summed E-state index contributed by atoms with van der Waals surface area (Å²) in [5, 5.41) is 2.77. The first-order valence-corrected chi connectivity index (χ1v) is 5.15. The van der Waals surface area contributed by atoms with Crippen LogP contribution in [0.3, 0.4) is 0 Å². The minimum Gasteiger partial charge on any atom is -0.497 e. The molecule has 1 heterocycles. The van der Waals surface area contributed by atoms with Crippen molar-refractivity contribution in [1.29, 1.82) is 0 Å². The molecule has 0 aliphatic heterocycles. The first kappa shape index (κ1) is 11.1. The number of nitrogens with zero attached hydrogens (tertiary/aromatic N) is 1. The highest BCUT2D eigenvalue weighted by atomic mass is 16.5. The van der Waals surface area contributed by atoms with Crippen molar-refractivity contribution < 1.29 is 9.53 Å². The van der Waals surface area contributed by atoms with Gasteiger partial charge in [0.2, 0.25) is 0 Å². The van der Waals surface area contributed by atoms with E-state index >= 15 is 0 Å². The van der Waals surface area contributed by atoms with Crippen molar-refractivity contribution in [3.8, 4) is 5.75 Å². The Labute approximate surface area is 99.3 Å². The second-order valence-corrected chi connectivity index (χ2v) is 3.43. The van der Waals surface area contributed by atoms with E-state index in [0.717, 1.165) is 0 Å². The average Bonchev–Trinajstić information content (AvgIpc) is 2.40. The van der Waals surface area contributed by atoms with E-state index < -0.39 is 0 Å². The van der Waals surface area contributed by atoms with E-state index in [-0.39, 0.29) is 5.91 Å². The molecule has 0 saturated heterocycles. The normalized spacial score (nSPS) is 9.71. The largest absolute Gasteiger partial charge is 0.497 e. The molecule has 4 heteroatoms. The van der Waals surface area contributed by atoms with Crippen LogP contribution in [0.15, 0.2) is 48.8 Å². The van der Waals surface area contributed by atoms with Crippen LogP contribution in [0.5, 0.6) is 5.75 Å². The molecule has 2 rings (SSSR count). The van der Waals surface area contributed by atoms with Gasteiger partial charge in [-0.1, -0.05) is 6.07 Å². The molecule has 0 aliphatic carbocycles. The molecule has 86 valence electrons. The van der Waals surface area contributed by atoms with E-state index in [1.807, 2.05) is 12.1 Å². The summed E-state index contributed by atoms with van der Waals surface area (Å²) in [6, 6.07) is 10.6. The highest BCUT2D eigenvalue weighted by Gasteiger charge is 2.05. The number of amides is 1. The van der Waals surface area contributed by atoms with Crippen LogP contribution in [-0.4, -0.2) is 18.0 Å². The van der Waals surface area contributed by atoms with Gasteiger partial charge < -0.3 is 10.1 Å². The van der Waals surface area contributed by atoms with Crippen LogP contribution < -0.4 is 10.1 Å². The second kappa shape index (κ2) is 5.12. The number of hydrogen-bond acceptors (Lipinski definition) is 3. The second-order valence-electron chi connectivity index (χ2n) is 3.43. The molecule has 0 spiro atoms. The summed E-state index contributed by atoms with van der Waals surface area (Å²) in [6.45, 7) is 0. The molecule has 0 radical (unpaired) electrons. The van der Waals surface area contributed by atoms with Crippen molar-refractivity contribution >= 4 is 11.6 Å². The number of carbonyl (C=O) groups excluding carboxylic acids is 1. The maximum atomic E-state index is 11.8. The van der Waals surface area contributed by atoms with E-state index in [4.69, 9.17) is 4.74 Å². The molecule has 4 nitrogen and oxygen atoms in total. The van der Waals surface area contributed by atoms with E-state index in [1.165, 1.54) is 6.20 Å². The lowest BCUT2D eigenvalue weighted by Crippen LogP contribution is -2.11. The number of methoxy groups -OCH3 is 1. The molecule has 2 aromatic rings. The Morgan fingerprint density at radius 1 is 1.29 bits per heavy atom. The van der Waals surface area contributed by atoms with Gasteiger partial charge in [-0.05, 0) is 24.3 Å². The van der Waals surface area contributed by atoms with Crippen LogP contribution in [-0.2, 0) is 0 Å². The summed E-state index contributed by atoms with van der Waals surface area (Å²) in [6.07, 6.45) is 3.15. The molecule has 0 aliphatic rings. The predicted molar refractivity (Wildman–Crippen MR) is 65.2 cm³/mol. The first-order valence-electron chi connectivity index (χ1n) is 5.15. The smallest absolute Gasteiger partial charge is 0.257 e. The van der Waals surface area contributed by atoms with Crippen molar-refractivity contribution in [2.75, 3.05) is 12.4 Å². The third-order valence-electron chi connectivity index (χ3n) is 2.25. The monoisotopic (exact) mass is 228 g/mol. The molecule has 0 bridgehead atoms. The Morgan fingerprint density at radius 2 is 2.18 bits per heavy atom. The number of hydrogen-bond donors (Lipinski definition) is 1. The van der Waals surface area contributed by atoms with Gasteiger partial charge in [-0.15, -0.1) is 0 Å². The van der Waals surface area contributed by atoms with Gasteiger partial charge in [-0.3, -0.25) is 9.78 Å². The van der Waals surface area contributed by atoms with Crippen molar-refractivity contribution in [3.63, 3.8) is 0 Å². The van der Waals surface area contributed by atoms with Crippen molar-refractivity contribution in [2.24, 2.45) is 0 Å². The van der Waals surface area contributed by atoms with Gasteiger partial charge in [0, 0.05) is 24.1 Å². The van der Waals surface area contributed by atoms with E-state index in [9.17, 15) is 4.79 Å². The third kappa shape index (κ3) is 2.81. The average molecular weight is 228 g/mol. The van der Waals surface area contributed by atoms with Crippen LogP contribution >= 0.6 is 0 Å². The minimum absolute atomic E-state index is 0.189. The summed E-state index contributed by atoms with van der Waals surface area (Å²) in [7, 11) is 1.59. The molecular weight excluding hydrogens is 216 g/mol.